The molecule has 84 valence electrons. The Labute approximate surface area is 95.4 Å². The fourth-order valence-electron chi connectivity index (χ4n) is 1.22. The highest BCUT2D eigenvalue weighted by atomic mass is 16.1. The van der Waals surface area contributed by atoms with Crippen molar-refractivity contribution in [1.29, 1.82) is 0 Å². The zero-order chi connectivity index (χ0) is 12.7. The zero-order valence-corrected chi connectivity index (χ0v) is 8.45. The van der Waals surface area contributed by atoms with Gasteiger partial charge in [0, 0.05) is 5.56 Å². The molecule has 7 heteroatoms. The van der Waals surface area contributed by atoms with Crippen molar-refractivity contribution in [3.63, 3.8) is 0 Å². The highest BCUT2D eigenvalue weighted by molar-refractivity contribution is 5.57. The fourth-order valence-corrected chi connectivity index (χ4v) is 1.22. The maximum atomic E-state index is 10.3. The van der Waals surface area contributed by atoms with E-state index in [4.69, 9.17) is 5.73 Å². The number of aliphatic imine (C=N–C) groups is 3. The van der Waals surface area contributed by atoms with Crippen molar-refractivity contribution in [3.8, 4) is 0 Å². The lowest BCUT2D eigenvalue weighted by Crippen LogP contribution is -2.32. The van der Waals surface area contributed by atoms with E-state index in [1.165, 1.54) is 30.4 Å². The third kappa shape index (κ3) is 2.66. The van der Waals surface area contributed by atoms with Crippen molar-refractivity contribution in [2.45, 2.75) is 5.79 Å². The second-order valence-corrected chi connectivity index (χ2v) is 2.85. The molecule has 0 aliphatic rings. The second kappa shape index (κ2) is 5.42. The van der Waals surface area contributed by atoms with Gasteiger partial charge in [-0.05, 0) is 6.07 Å². The molecule has 0 heterocycles. The molecule has 2 N–H and O–H groups in total. The Morgan fingerprint density at radius 2 is 1.59 bits per heavy atom. The molecule has 0 spiro atoms. The van der Waals surface area contributed by atoms with Gasteiger partial charge >= 0.3 is 0 Å². The molecule has 1 aromatic carbocycles. The van der Waals surface area contributed by atoms with Gasteiger partial charge in [-0.25, -0.2) is 14.4 Å². The minimum Gasteiger partial charge on any atom is -0.283 e. The van der Waals surface area contributed by atoms with Crippen LogP contribution in [0.1, 0.15) is 5.56 Å². The van der Waals surface area contributed by atoms with Crippen molar-refractivity contribution >= 4 is 23.9 Å². The molecule has 0 saturated carbocycles. The topological polar surface area (TPSA) is 114 Å². The molecule has 17 heavy (non-hydrogen) atoms. The molecular formula is C10H6N4O3. The number of isocyanates is 3. The van der Waals surface area contributed by atoms with Gasteiger partial charge in [0.05, 0.1) is 5.69 Å². The third-order valence-electron chi connectivity index (χ3n) is 1.90. The number of hydrogen-bond donors (Lipinski definition) is 1. The first-order valence-electron chi connectivity index (χ1n) is 4.32. The van der Waals surface area contributed by atoms with E-state index in [9.17, 15) is 14.4 Å². The maximum absolute atomic E-state index is 10.3. The normalized spacial score (nSPS) is 12.3. The van der Waals surface area contributed by atoms with Gasteiger partial charge < -0.3 is 0 Å². The summed E-state index contributed by atoms with van der Waals surface area (Å²) in [7, 11) is 0. The Morgan fingerprint density at radius 3 is 2.12 bits per heavy atom. The number of hydrogen-bond acceptors (Lipinski definition) is 7. The molecule has 0 aromatic heterocycles. The molecule has 0 atom stereocenters. The summed E-state index contributed by atoms with van der Waals surface area (Å²) in [4.78, 5) is 40.6. The molecule has 1 rings (SSSR count). The van der Waals surface area contributed by atoms with Crippen LogP contribution in [-0.2, 0) is 20.2 Å². The van der Waals surface area contributed by atoms with E-state index in [2.05, 4.69) is 15.0 Å². The lowest BCUT2D eigenvalue weighted by atomic mass is 10.1. The summed E-state index contributed by atoms with van der Waals surface area (Å²) in [5.74, 6) is -1.99. The van der Waals surface area contributed by atoms with E-state index in [0.29, 0.717) is 0 Å². The van der Waals surface area contributed by atoms with Crippen molar-refractivity contribution in [2.24, 2.45) is 20.7 Å². The molecule has 7 nitrogen and oxygen atoms in total. The smallest absolute Gasteiger partial charge is 0.254 e. The van der Waals surface area contributed by atoms with E-state index in [1.54, 1.807) is 12.1 Å². The Bertz CT molecular complexity index is 547. The highest BCUT2D eigenvalue weighted by Crippen LogP contribution is 2.29. The molecule has 0 unspecified atom stereocenters. The number of rotatable bonds is 4. The summed E-state index contributed by atoms with van der Waals surface area (Å²) in [6, 6.07) is 5.98. The first-order valence-corrected chi connectivity index (χ1v) is 4.32. The molecule has 0 radical (unpaired) electrons. The predicted octanol–water partition coefficient (Wildman–Crippen LogP) is 0.394. The van der Waals surface area contributed by atoms with Crippen LogP contribution >= 0.6 is 0 Å². The molecule has 0 amide bonds. The molecule has 0 bridgehead atoms. The number of para-hydroxylation sites is 1. The van der Waals surface area contributed by atoms with Crippen LogP contribution < -0.4 is 5.73 Å². The van der Waals surface area contributed by atoms with E-state index in [0.717, 1.165) is 0 Å². The van der Waals surface area contributed by atoms with Crippen LogP contribution in [0.5, 0.6) is 0 Å². The summed E-state index contributed by atoms with van der Waals surface area (Å²) in [5.41, 5.74) is 5.82. The van der Waals surface area contributed by atoms with Crippen LogP contribution in [0.25, 0.3) is 0 Å². The average molecular weight is 230 g/mol. The second-order valence-electron chi connectivity index (χ2n) is 2.85. The lowest BCUT2D eigenvalue weighted by molar-refractivity contribution is 0.472. The Balaban J connectivity index is 3.53. The molecule has 1 aromatic rings. The van der Waals surface area contributed by atoms with Crippen LogP contribution in [0.3, 0.4) is 0 Å². The first kappa shape index (κ1) is 12.4. The number of nitrogens with zero attached hydrogens (tertiary/aromatic N) is 3. The van der Waals surface area contributed by atoms with Crippen molar-refractivity contribution in [1.82, 2.24) is 0 Å². The SMILES string of the molecule is NC(N=C=O)(N=C=O)c1ccccc1N=C=O. The number of nitrogens with two attached hydrogens (primary N) is 1. The van der Waals surface area contributed by atoms with Crippen LogP contribution in [0, 0.1) is 0 Å². The van der Waals surface area contributed by atoms with Gasteiger partial charge in [0.1, 0.15) is 0 Å². The summed E-state index contributed by atoms with van der Waals surface area (Å²) < 4.78 is 0. The van der Waals surface area contributed by atoms with E-state index < -0.39 is 5.79 Å². The van der Waals surface area contributed by atoms with Gasteiger partial charge in [-0.2, -0.15) is 15.0 Å². The summed E-state index contributed by atoms with van der Waals surface area (Å²) in [5, 5.41) is 0. The van der Waals surface area contributed by atoms with Gasteiger partial charge in [0.2, 0.25) is 18.2 Å². The van der Waals surface area contributed by atoms with Gasteiger partial charge in [-0.1, -0.05) is 18.2 Å². The Morgan fingerprint density at radius 1 is 1.00 bits per heavy atom. The monoisotopic (exact) mass is 230 g/mol. The predicted molar refractivity (Wildman–Crippen MR) is 56.3 cm³/mol. The third-order valence-corrected chi connectivity index (χ3v) is 1.90. The van der Waals surface area contributed by atoms with Gasteiger partial charge in [-0.15, -0.1) is 0 Å². The summed E-state index contributed by atoms with van der Waals surface area (Å²) in [6.45, 7) is 0. The van der Waals surface area contributed by atoms with Gasteiger partial charge in [0.15, 0.2) is 0 Å². The van der Waals surface area contributed by atoms with E-state index >= 15 is 0 Å². The minimum atomic E-state index is -1.99. The van der Waals surface area contributed by atoms with Crippen LogP contribution in [-0.4, -0.2) is 18.2 Å². The van der Waals surface area contributed by atoms with E-state index in [-0.39, 0.29) is 11.3 Å². The highest BCUT2D eigenvalue weighted by Gasteiger charge is 2.29. The van der Waals surface area contributed by atoms with E-state index in [1.807, 2.05) is 0 Å². The molecular weight excluding hydrogens is 224 g/mol. The fraction of sp³-hybridized carbons (Fsp3) is 0.100. The first-order chi connectivity index (χ1) is 8.18. The number of benzene rings is 1. The molecule has 0 aliphatic heterocycles. The quantitative estimate of drug-likeness (QED) is 0.595. The van der Waals surface area contributed by atoms with Crippen molar-refractivity contribution in [3.05, 3.63) is 29.8 Å². The number of carbonyl (C=O) groups excluding carboxylic acids is 3. The van der Waals surface area contributed by atoms with Gasteiger partial charge in [0.25, 0.3) is 5.79 Å². The maximum Gasteiger partial charge on any atom is 0.254 e. The average Bonchev–Trinajstić information content (AvgIpc) is 2.31. The largest absolute Gasteiger partial charge is 0.283 e. The van der Waals surface area contributed by atoms with Crippen LogP contribution in [0.15, 0.2) is 39.2 Å². The van der Waals surface area contributed by atoms with Crippen molar-refractivity contribution in [2.75, 3.05) is 0 Å². The Kier molecular flexibility index (Phi) is 3.95. The molecule has 0 fully saturated rings. The lowest BCUT2D eigenvalue weighted by Gasteiger charge is -2.17. The molecule has 0 aliphatic carbocycles. The summed E-state index contributed by atoms with van der Waals surface area (Å²) >= 11 is 0. The van der Waals surface area contributed by atoms with Gasteiger partial charge in [-0.3, -0.25) is 5.73 Å². The summed E-state index contributed by atoms with van der Waals surface area (Å²) in [6.07, 6.45) is 3.72. The standard InChI is InChI=1S/C10H6N4O3/c11-10(13-6-16,14-7-17)8-3-1-2-4-9(8)12-5-15/h1-4H,11H2. The van der Waals surface area contributed by atoms with Crippen LogP contribution in [0.4, 0.5) is 5.69 Å². The van der Waals surface area contributed by atoms with Crippen molar-refractivity contribution < 1.29 is 14.4 Å². The Hall–Kier alpha value is -2.68. The minimum absolute atomic E-state index is 0.0926. The zero-order valence-electron chi connectivity index (χ0n) is 8.45. The van der Waals surface area contributed by atoms with Crippen LogP contribution in [0.2, 0.25) is 0 Å². The molecule has 0 saturated heterocycles.